The lowest BCUT2D eigenvalue weighted by atomic mass is 10.0. The van der Waals surface area contributed by atoms with Gasteiger partial charge in [0.05, 0.1) is 29.3 Å². The Morgan fingerprint density at radius 2 is 2.07 bits per heavy atom. The van der Waals surface area contributed by atoms with Crippen molar-refractivity contribution >= 4 is 27.7 Å². The molecule has 152 valence electrons. The predicted octanol–water partition coefficient (Wildman–Crippen LogP) is 4.04. The molecule has 30 heavy (non-hydrogen) atoms. The van der Waals surface area contributed by atoms with Gasteiger partial charge in [-0.3, -0.25) is 9.78 Å². The SMILES string of the molecule is O=C(c1c[nH]c2cnccc12)N1CCC(F)(F)C(Oc2ccc3ccccc3n2)C1. The van der Waals surface area contributed by atoms with Gasteiger partial charge in [-0.1, -0.05) is 18.2 Å². The summed E-state index contributed by atoms with van der Waals surface area (Å²) >= 11 is 0. The third kappa shape index (κ3) is 3.24. The summed E-state index contributed by atoms with van der Waals surface area (Å²) in [6.07, 6.45) is 2.85. The zero-order valence-corrected chi connectivity index (χ0v) is 15.9. The first-order valence-corrected chi connectivity index (χ1v) is 9.62. The summed E-state index contributed by atoms with van der Waals surface area (Å²) in [5.41, 5.74) is 1.81. The number of piperidine rings is 1. The van der Waals surface area contributed by atoms with Crippen LogP contribution in [0.1, 0.15) is 16.8 Å². The average Bonchev–Trinajstić information content (AvgIpc) is 3.19. The number of H-pyrrole nitrogens is 1. The zero-order valence-electron chi connectivity index (χ0n) is 15.9. The van der Waals surface area contributed by atoms with E-state index in [0.717, 1.165) is 10.9 Å². The Kier molecular flexibility index (Phi) is 4.34. The molecule has 3 aromatic heterocycles. The van der Waals surface area contributed by atoms with Gasteiger partial charge in [0, 0.05) is 42.2 Å². The number of nitrogens with one attached hydrogen (secondary N) is 1. The number of benzene rings is 1. The van der Waals surface area contributed by atoms with E-state index in [2.05, 4.69) is 15.0 Å². The van der Waals surface area contributed by atoms with E-state index < -0.39 is 18.4 Å². The molecule has 1 aliphatic heterocycles. The van der Waals surface area contributed by atoms with E-state index in [1.54, 1.807) is 42.9 Å². The van der Waals surface area contributed by atoms with Crippen molar-refractivity contribution in [1.29, 1.82) is 0 Å². The lowest BCUT2D eigenvalue weighted by Crippen LogP contribution is -2.55. The van der Waals surface area contributed by atoms with E-state index in [-0.39, 0.29) is 24.9 Å². The third-order valence-corrected chi connectivity index (χ3v) is 5.41. The summed E-state index contributed by atoms with van der Waals surface area (Å²) in [6.45, 7) is -0.271. The van der Waals surface area contributed by atoms with Crippen LogP contribution in [-0.2, 0) is 0 Å². The van der Waals surface area contributed by atoms with Gasteiger partial charge in [-0.15, -0.1) is 0 Å². The van der Waals surface area contributed by atoms with Crippen LogP contribution < -0.4 is 4.74 Å². The first-order valence-electron chi connectivity index (χ1n) is 9.62. The number of carbonyl (C=O) groups excluding carboxylic acids is 1. The molecule has 1 atom stereocenters. The van der Waals surface area contributed by atoms with Crippen LogP contribution in [0.25, 0.3) is 21.8 Å². The second kappa shape index (κ2) is 7.05. The van der Waals surface area contributed by atoms with E-state index in [0.29, 0.717) is 16.5 Å². The molecule has 1 aromatic carbocycles. The summed E-state index contributed by atoms with van der Waals surface area (Å²) < 4.78 is 34.8. The van der Waals surface area contributed by atoms with Gasteiger partial charge in [-0.05, 0) is 18.2 Å². The van der Waals surface area contributed by atoms with Gasteiger partial charge in [0.2, 0.25) is 5.88 Å². The molecule has 1 N–H and O–H groups in total. The second-order valence-electron chi connectivity index (χ2n) is 7.33. The summed E-state index contributed by atoms with van der Waals surface area (Å²) in [5.74, 6) is -3.26. The largest absolute Gasteiger partial charge is 0.466 e. The van der Waals surface area contributed by atoms with Crippen LogP contribution in [0.2, 0.25) is 0 Å². The van der Waals surface area contributed by atoms with E-state index in [9.17, 15) is 13.6 Å². The fourth-order valence-corrected chi connectivity index (χ4v) is 3.76. The lowest BCUT2D eigenvalue weighted by Gasteiger charge is -2.37. The number of rotatable bonds is 3. The fourth-order valence-electron chi connectivity index (χ4n) is 3.76. The Morgan fingerprint density at radius 1 is 1.20 bits per heavy atom. The number of carbonyl (C=O) groups is 1. The molecule has 5 rings (SSSR count). The van der Waals surface area contributed by atoms with Crippen LogP contribution in [-0.4, -0.2) is 50.9 Å². The minimum absolute atomic E-state index is 0.0470. The van der Waals surface area contributed by atoms with Gasteiger partial charge in [0.1, 0.15) is 0 Å². The Morgan fingerprint density at radius 3 is 2.97 bits per heavy atom. The molecular weight excluding hydrogens is 390 g/mol. The van der Waals surface area contributed by atoms with Crippen molar-refractivity contribution in [3.05, 3.63) is 66.6 Å². The number of aromatic nitrogens is 3. The molecule has 6 nitrogen and oxygen atoms in total. The maximum Gasteiger partial charge on any atom is 0.287 e. The van der Waals surface area contributed by atoms with E-state index in [1.807, 2.05) is 18.2 Å². The topological polar surface area (TPSA) is 71.1 Å². The van der Waals surface area contributed by atoms with Crippen LogP contribution >= 0.6 is 0 Å². The van der Waals surface area contributed by atoms with E-state index >= 15 is 0 Å². The van der Waals surface area contributed by atoms with Crippen molar-refractivity contribution in [2.45, 2.75) is 18.4 Å². The number of amides is 1. The lowest BCUT2D eigenvalue weighted by molar-refractivity contribution is -0.131. The third-order valence-electron chi connectivity index (χ3n) is 5.41. The van der Waals surface area contributed by atoms with Crippen molar-refractivity contribution < 1.29 is 18.3 Å². The van der Waals surface area contributed by atoms with Crippen molar-refractivity contribution in [3.63, 3.8) is 0 Å². The second-order valence-corrected chi connectivity index (χ2v) is 7.33. The minimum Gasteiger partial charge on any atom is -0.466 e. The minimum atomic E-state index is -3.06. The number of halogens is 2. The predicted molar refractivity (Wildman–Crippen MR) is 108 cm³/mol. The highest BCUT2D eigenvalue weighted by Crippen LogP contribution is 2.33. The van der Waals surface area contributed by atoms with Gasteiger partial charge in [0.15, 0.2) is 6.10 Å². The number of aromatic amines is 1. The van der Waals surface area contributed by atoms with Crippen molar-refractivity contribution in [1.82, 2.24) is 19.9 Å². The molecule has 1 unspecified atom stereocenters. The smallest absolute Gasteiger partial charge is 0.287 e. The van der Waals surface area contributed by atoms with Crippen LogP contribution in [0.5, 0.6) is 5.88 Å². The molecular formula is C22H18F2N4O2. The molecule has 1 aliphatic rings. The first-order chi connectivity index (χ1) is 14.5. The maximum absolute atomic E-state index is 14.6. The van der Waals surface area contributed by atoms with Crippen molar-refractivity contribution in [3.8, 4) is 5.88 Å². The number of pyridine rings is 2. The molecule has 1 saturated heterocycles. The molecule has 0 aliphatic carbocycles. The molecule has 0 bridgehead atoms. The first kappa shape index (κ1) is 18.5. The Balaban J connectivity index is 1.39. The monoisotopic (exact) mass is 408 g/mol. The molecule has 4 heterocycles. The van der Waals surface area contributed by atoms with E-state index in [4.69, 9.17) is 4.74 Å². The summed E-state index contributed by atoms with van der Waals surface area (Å²) in [6, 6.07) is 12.5. The maximum atomic E-state index is 14.6. The van der Waals surface area contributed by atoms with Crippen LogP contribution in [0.15, 0.2) is 61.1 Å². The normalized spacial score (nSPS) is 18.6. The molecule has 0 saturated carbocycles. The van der Waals surface area contributed by atoms with Gasteiger partial charge < -0.3 is 14.6 Å². The van der Waals surface area contributed by atoms with Crippen molar-refractivity contribution in [2.75, 3.05) is 13.1 Å². The molecule has 4 aromatic rings. The molecule has 8 heteroatoms. The average molecular weight is 408 g/mol. The highest BCUT2D eigenvalue weighted by molar-refractivity contribution is 6.06. The van der Waals surface area contributed by atoms with Gasteiger partial charge in [-0.2, -0.15) is 0 Å². The highest BCUT2D eigenvalue weighted by Gasteiger charge is 2.47. The van der Waals surface area contributed by atoms with Crippen LogP contribution in [0.3, 0.4) is 0 Å². The number of nitrogens with zero attached hydrogens (tertiary/aromatic N) is 3. The number of fused-ring (bicyclic) bond motifs is 2. The number of hydrogen-bond acceptors (Lipinski definition) is 4. The number of likely N-dealkylation sites (tertiary alicyclic amines) is 1. The van der Waals surface area contributed by atoms with Crippen LogP contribution in [0, 0.1) is 0 Å². The van der Waals surface area contributed by atoms with Crippen LogP contribution in [0.4, 0.5) is 8.78 Å². The molecule has 1 fully saturated rings. The summed E-state index contributed by atoms with van der Waals surface area (Å²) in [5, 5.41) is 1.60. The number of para-hydroxylation sites is 1. The Hall–Kier alpha value is -3.55. The zero-order chi connectivity index (χ0) is 20.7. The van der Waals surface area contributed by atoms with Gasteiger partial charge >= 0.3 is 0 Å². The van der Waals surface area contributed by atoms with Gasteiger partial charge in [0.25, 0.3) is 11.8 Å². The summed E-state index contributed by atoms with van der Waals surface area (Å²) in [7, 11) is 0. The fraction of sp³-hybridized carbons (Fsp3) is 0.227. The Labute approximate surface area is 170 Å². The number of ether oxygens (including phenoxy) is 1. The number of hydrogen-bond donors (Lipinski definition) is 1. The quantitative estimate of drug-likeness (QED) is 0.555. The molecule has 0 spiro atoms. The van der Waals surface area contributed by atoms with Gasteiger partial charge in [-0.25, -0.2) is 13.8 Å². The van der Waals surface area contributed by atoms with Crippen molar-refractivity contribution in [2.24, 2.45) is 0 Å². The van der Waals surface area contributed by atoms with E-state index in [1.165, 1.54) is 4.90 Å². The Bertz CT molecular complexity index is 1240. The summed E-state index contributed by atoms with van der Waals surface area (Å²) in [4.78, 5) is 25.8. The molecule has 1 amide bonds. The standard InChI is InChI=1S/C22H18F2N4O2/c23-22(24)8-10-28(21(29)16-11-26-18-12-25-9-7-15(16)18)13-19(22)30-20-6-5-14-3-1-2-4-17(14)27-20/h1-7,9,11-12,19,26H,8,10,13H2. The highest BCUT2D eigenvalue weighted by atomic mass is 19.3. The number of alkyl halides is 2. The molecule has 0 radical (unpaired) electrons.